The molecule has 0 heterocycles. The lowest BCUT2D eigenvalue weighted by Gasteiger charge is -2.17. The molecule has 1 aromatic rings. The summed E-state index contributed by atoms with van der Waals surface area (Å²) in [4.78, 5) is 23.1. The van der Waals surface area contributed by atoms with Gasteiger partial charge < -0.3 is 4.74 Å². The van der Waals surface area contributed by atoms with Crippen LogP contribution in [0.5, 0.6) is 5.75 Å². The first-order chi connectivity index (χ1) is 7.11. The number of imide groups is 1. The van der Waals surface area contributed by atoms with Crippen molar-refractivity contribution >= 4 is 11.8 Å². The number of ether oxygens (including phenoxy) is 1. The molecule has 0 bridgehead atoms. The minimum Gasteiger partial charge on any atom is -0.473 e. The van der Waals surface area contributed by atoms with E-state index in [1.54, 1.807) is 12.1 Å². The molecule has 0 aliphatic heterocycles. The van der Waals surface area contributed by atoms with E-state index in [0.717, 1.165) is 4.90 Å². The molecule has 1 rings (SSSR count). The average Bonchev–Trinajstić information content (AvgIpc) is 2.18. The van der Waals surface area contributed by atoms with E-state index in [-0.39, 0.29) is 18.5 Å². The zero-order chi connectivity index (χ0) is 11.3. The molecule has 0 aromatic heterocycles. The van der Waals surface area contributed by atoms with Crippen molar-refractivity contribution in [2.24, 2.45) is 0 Å². The van der Waals surface area contributed by atoms with Crippen LogP contribution in [0.4, 0.5) is 0 Å². The highest BCUT2D eigenvalue weighted by Crippen LogP contribution is 2.08. The third-order valence-corrected chi connectivity index (χ3v) is 1.86. The summed E-state index contributed by atoms with van der Waals surface area (Å²) >= 11 is 0. The van der Waals surface area contributed by atoms with Gasteiger partial charge in [0.2, 0.25) is 11.8 Å². The maximum atomic E-state index is 11.0. The van der Waals surface area contributed by atoms with Crippen LogP contribution in [0, 0.1) is 0 Å². The van der Waals surface area contributed by atoms with Crippen LogP contribution in [-0.4, -0.2) is 23.4 Å². The Balaban J connectivity index is 2.55. The third-order valence-electron chi connectivity index (χ3n) is 1.86. The Morgan fingerprint density at radius 1 is 1.13 bits per heavy atom. The van der Waals surface area contributed by atoms with Crippen LogP contribution in [-0.2, 0) is 9.59 Å². The standard InChI is InChI=1S/C11H13NO3/c1-9(13)12(10(2)14)8-15-11-6-4-3-5-7-11/h3-7H,8H2,1-2H3. The number of amides is 2. The Labute approximate surface area is 88.5 Å². The fraction of sp³-hybridized carbons (Fsp3) is 0.273. The van der Waals surface area contributed by atoms with Crippen LogP contribution in [0.2, 0.25) is 0 Å². The lowest BCUT2D eigenvalue weighted by atomic mass is 10.3. The van der Waals surface area contributed by atoms with Gasteiger partial charge in [0, 0.05) is 13.8 Å². The fourth-order valence-electron chi connectivity index (χ4n) is 1.06. The highest BCUT2D eigenvalue weighted by molar-refractivity contribution is 5.92. The Morgan fingerprint density at radius 3 is 2.13 bits per heavy atom. The molecular formula is C11H13NO3. The lowest BCUT2D eigenvalue weighted by Crippen LogP contribution is -2.36. The number of carbonyl (C=O) groups excluding carboxylic acids is 2. The number of hydrogen-bond donors (Lipinski definition) is 0. The molecule has 80 valence electrons. The number of hydrogen-bond acceptors (Lipinski definition) is 3. The second kappa shape index (κ2) is 5.14. The summed E-state index contributed by atoms with van der Waals surface area (Å²) in [5, 5.41) is 0. The Kier molecular flexibility index (Phi) is 3.85. The SMILES string of the molecule is CC(=O)N(COc1ccccc1)C(C)=O. The maximum absolute atomic E-state index is 11.0. The van der Waals surface area contributed by atoms with Gasteiger partial charge >= 0.3 is 0 Å². The van der Waals surface area contributed by atoms with Crippen molar-refractivity contribution < 1.29 is 14.3 Å². The molecule has 2 amide bonds. The van der Waals surface area contributed by atoms with E-state index in [9.17, 15) is 9.59 Å². The molecular weight excluding hydrogens is 194 g/mol. The predicted molar refractivity (Wildman–Crippen MR) is 55.1 cm³/mol. The van der Waals surface area contributed by atoms with Crippen LogP contribution in [0.25, 0.3) is 0 Å². The molecule has 15 heavy (non-hydrogen) atoms. The molecule has 0 aliphatic carbocycles. The summed E-state index contributed by atoms with van der Waals surface area (Å²) in [5.74, 6) is -0.0122. The number of rotatable bonds is 3. The van der Waals surface area contributed by atoms with Gasteiger partial charge in [-0.1, -0.05) is 18.2 Å². The van der Waals surface area contributed by atoms with Crippen LogP contribution in [0.3, 0.4) is 0 Å². The predicted octanol–water partition coefficient (Wildman–Crippen LogP) is 1.42. The van der Waals surface area contributed by atoms with E-state index in [1.165, 1.54) is 13.8 Å². The van der Waals surface area contributed by atoms with Crippen molar-refractivity contribution in [1.29, 1.82) is 0 Å². The van der Waals surface area contributed by atoms with E-state index in [2.05, 4.69) is 0 Å². The Morgan fingerprint density at radius 2 is 1.67 bits per heavy atom. The molecule has 0 unspecified atom stereocenters. The van der Waals surface area contributed by atoms with Crippen LogP contribution >= 0.6 is 0 Å². The molecule has 0 saturated carbocycles. The number of nitrogens with zero attached hydrogens (tertiary/aromatic N) is 1. The molecule has 0 fully saturated rings. The monoisotopic (exact) mass is 207 g/mol. The van der Waals surface area contributed by atoms with Gasteiger partial charge in [-0.3, -0.25) is 9.59 Å². The van der Waals surface area contributed by atoms with Gasteiger partial charge in [-0.25, -0.2) is 4.90 Å². The molecule has 4 heteroatoms. The quantitative estimate of drug-likeness (QED) is 0.704. The van der Waals surface area contributed by atoms with Gasteiger partial charge in [0.1, 0.15) is 5.75 Å². The number of para-hydroxylation sites is 1. The normalized spacial score (nSPS) is 9.47. The molecule has 1 aromatic carbocycles. The van der Waals surface area contributed by atoms with E-state index in [4.69, 9.17) is 4.74 Å². The van der Waals surface area contributed by atoms with Gasteiger partial charge in [-0.2, -0.15) is 0 Å². The molecule has 0 saturated heterocycles. The van der Waals surface area contributed by atoms with Crippen LogP contribution < -0.4 is 4.74 Å². The molecule has 0 radical (unpaired) electrons. The molecule has 0 spiro atoms. The highest BCUT2D eigenvalue weighted by atomic mass is 16.5. The van der Waals surface area contributed by atoms with Crippen LogP contribution in [0.15, 0.2) is 30.3 Å². The average molecular weight is 207 g/mol. The largest absolute Gasteiger partial charge is 0.473 e. The summed E-state index contributed by atoms with van der Waals surface area (Å²) in [7, 11) is 0. The number of carbonyl (C=O) groups is 2. The van der Waals surface area contributed by atoms with E-state index >= 15 is 0 Å². The summed E-state index contributed by atoms with van der Waals surface area (Å²) < 4.78 is 5.28. The zero-order valence-corrected chi connectivity index (χ0v) is 8.77. The third kappa shape index (κ3) is 3.42. The van der Waals surface area contributed by atoms with E-state index in [0.29, 0.717) is 5.75 Å². The minimum atomic E-state index is -0.321. The molecule has 0 N–H and O–H groups in total. The first-order valence-electron chi connectivity index (χ1n) is 4.58. The Bertz CT molecular complexity index is 334. The molecule has 0 atom stereocenters. The van der Waals surface area contributed by atoms with Gasteiger partial charge in [0.25, 0.3) is 0 Å². The summed E-state index contributed by atoms with van der Waals surface area (Å²) in [6, 6.07) is 9.03. The van der Waals surface area contributed by atoms with Gasteiger partial charge in [0.05, 0.1) is 0 Å². The minimum absolute atomic E-state index is 0.0469. The lowest BCUT2D eigenvalue weighted by molar-refractivity contribution is -0.145. The van der Waals surface area contributed by atoms with Gasteiger partial charge in [0.15, 0.2) is 6.73 Å². The topological polar surface area (TPSA) is 46.6 Å². The van der Waals surface area contributed by atoms with Gasteiger partial charge in [-0.05, 0) is 12.1 Å². The van der Waals surface area contributed by atoms with Crippen molar-refractivity contribution in [3.8, 4) is 5.75 Å². The highest BCUT2D eigenvalue weighted by Gasteiger charge is 2.13. The first kappa shape index (κ1) is 11.2. The van der Waals surface area contributed by atoms with Crippen molar-refractivity contribution in [2.45, 2.75) is 13.8 Å². The van der Waals surface area contributed by atoms with Crippen molar-refractivity contribution in [2.75, 3.05) is 6.73 Å². The van der Waals surface area contributed by atoms with E-state index < -0.39 is 0 Å². The summed E-state index contributed by atoms with van der Waals surface area (Å²) in [6.45, 7) is 2.61. The maximum Gasteiger partial charge on any atom is 0.228 e. The molecule has 4 nitrogen and oxygen atoms in total. The second-order valence-electron chi connectivity index (χ2n) is 3.05. The fourth-order valence-corrected chi connectivity index (χ4v) is 1.06. The summed E-state index contributed by atoms with van der Waals surface area (Å²) in [5.41, 5.74) is 0. The van der Waals surface area contributed by atoms with Crippen molar-refractivity contribution in [3.05, 3.63) is 30.3 Å². The second-order valence-corrected chi connectivity index (χ2v) is 3.05. The first-order valence-corrected chi connectivity index (χ1v) is 4.58. The van der Waals surface area contributed by atoms with E-state index in [1.807, 2.05) is 18.2 Å². The van der Waals surface area contributed by atoms with Gasteiger partial charge in [-0.15, -0.1) is 0 Å². The number of benzene rings is 1. The van der Waals surface area contributed by atoms with Crippen molar-refractivity contribution in [3.63, 3.8) is 0 Å². The zero-order valence-electron chi connectivity index (χ0n) is 8.77. The Hall–Kier alpha value is -1.84. The molecule has 0 aliphatic rings. The van der Waals surface area contributed by atoms with Crippen LogP contribution in [0.1, 0.15) is 13.8 Å². The smallest absolute Gasteiger partial charge is 0.228 e. The van der Waals surface area contributed by atoms with Crippen molar-refractivity contribution in [1.82, 2.24) is 4.90 Å². The summed E-state index contributed by atoms with van der Waals surface area (Å²) in [6.07, 6.45) is 0.